The van der Waals surface area contributed by atoms with Crippen molar-refractivity contribution in [2.75, 3.05) is 12.9 Å². The molecule has 0 saturated heterocycles. The average Bonchev–Trinajstić information content (AvgIpc) is 3.04. The maximum Gasteiger partial charge on any atom is 0.313 e. The molecule has 2 N–H and O–H groups in total. The van der Waals surface area contributed by atoms with Gasteiger partial charge in [0.2, 0.25) is 0 Å². The number of carbonyl (C=O) groups is 1. The molecule has 8 heteroatoms. The summed E-state index contributed by atoms with van der Waals surface area (Å²) < 4.78 is 6.88. The molecule has 0 aliphatic heterocycles. The molecule has 2 aromatic carbocycles. The van der Waals surface area contributed by atoms with E-state index in [1.807, 2.05) is 12.1 Å². The van der Waals surface area contributed by atoms with Crippen LogP contribution in [0.25, 0.3) is 17.1 Å². The molecule has 25 heavy (non-hydrogen) atoms. The van der Waals surface area contributed by atoms with Gasteiger partial charge in [-0.25, -0.2) is 0 Å². The highest BCUT2D eigenvalue weighted by molar-refractivity contribution is 7.99. The molecule has 0 aliphatic carbocycles. The highest BCUT2D eigenvalue weighted by atomic mass is 32.2. The molecule has 0 amide bonds. The van der Waals surface area contributed by atoms with E-state index in [1.54, 1.807) is 48.1 Å². The number of aromatic hydroxyl groups is 1. The molecule has 0 fully saturated rings. The van der Waals surface area contributed by atoms with Gasteiger partial charge in [-0.2, -0.15) is 0 Å². The third kappa shape index (κ3) is 3.58. The van der Waals surface area contributed by atoms with Gasteiger partial charge in [0.05, 0.1) is 24.1 Å². The molecule has 0 unspecified atom stereocenters. The fraction of sp³-hybridized carbons (Fsp3) is 0.118. The number of carboxylic acids is 1. The van der Waals surface area contributed by atoms with Crippen LogP contribution < -0.4 is 4.74 Å². The second-order valence-corrected chi connectivity index (χ2v) is 5.98. The van der Waals surface area contributed by atoms with Crippen molar-refractivity contribution >= 4 is 17.7 Å². The molecule has 0 spiro atoms. The lowest BCUT2D eigenvalue weighted by Crippen LogP contribution is -2.03. The summed E-state index contributed by atoms with van der Waals surface area (Å²) in [5.41, 5.74) is 1.24. The number of hydrogen-bond donors (Lipinski definition) is 2. The molecule has 0 aliphatic rings. The van der Waals surface area contributed by atoms with Gasteiger partial charge in [-0.05, 0) is 36.4 Å². The van der Waals surface area contributed by atoms with Crippen LogP contribution in [-0.2, 0) is 4.79 Å². The lowest BCUT2D eigenvalue weighted by atomic mass is 10.2. The smallest absolute Gasteiger partial charge is 0.313 e. The van der Waals surface area contributed by atoms with E-state index in [0.29, 0.717) is 22.3 Å². The van der Waals surface area contributed by atoms with E-state index in [1.165, 1.54) is 0 Å². The van der Waals surface area contributed by atoms with Gasteiger partial charge >= 0.3 is 5.97 Å². The number of aliphatic carboxylic acids is 1. The molecule has 7 nitrogen and oxygen atoms in total. The monoisotopic (exact) mass is 357 g/mol. The lowest BCUT2D eigenvalue weighted by Gasteiger charge is -2.11. The summed E-state index contributed by atoms with van der Waals surface area (Å²) in [6.07, 6.45) is 0. The maximum atomic E-state index is 10.9. The van der Waals surface area contributed by atoms with E-state index in [-0.39, 0.29) is 11.5 Å². The zero-order chi connectivity index (χ0) is 17.8. The van der Waals surface area contributed by atoms with Crippen molar-refractivity contribution in [2.45, 2.75) is 5.16 Å². The first-order chi connectivity index (χ1) is 12.1. The Morgan fingerprint density at radius 1 is 1.16 bits per heavy atom. The summed E-state index contributed by atoms with van der Waals surface area (Å²) in [7, 11) is 1.58. The van der Waals surface area contributed by atoms with Crippen LogP contribution in [0.15, 0.2) is 53.7 Å². The Bertz CT molecular complexity index is 893. The Morgan fingerprint density at radius 3 is 2.52 bits per heavy atom. The molecule has 3 rings (SSSR count). The summed E-state index contributed by atoms with van der Waals surface area (Å²) in [5.74, 6) is 0.101. The van der Waals surface area contributed by atoms with E-state index in [9.17, 15) is 9.90 Å². The fourth-order valence-corrected chi connectivity index (χ4v) is 2.96. The van der Waals surface area contributed by atoms with Crippen LogP contribution in [0.3, 0.4) is 0 Å². The Balaban J connectivity index is 2.12. The Kier molecular flexibility index (Phi) is 4.90. The minimum Gasteiger partial charge on any atom is -0.507 e. The predicted octanol–water partition coefficient (Wildman–Crippen LogP) is 2.83. The molecule has 0 bridgehead atoms. The number of ether oxygens (including phenoxy) is 1. The van der Waals surface area contributed by atoms with E-state index >= 15 is 0 Å². The minimum absolute atomic E-state index is 0.0689. The third-order valence-electron chi connectivity index (χ3n) is 3.43. The van der Waals surface area contributed by atoms with E-state index < -0.39 is 5.97 Å². The quantitative estimate of drug-likeness (QED) is 0.655. The van der Waals surface area contributed by atoms with Gasteiger partial charge in [-0.1, -0.05) is 23.9 Å². The maximum absolute atomic E-state index is 10.9. The predicted molar refractivity (Wildman–Crippen MR) is 93.4 cm³/mol. The van der Waals surface area contributed by atoms with Gasteiger partial charge in [0.1, 0.15) is 11.5 Å². The highest BCUT2D eigenvalue weighted by Crippen LogP contribution is 2.32. The molecule has 0 saturated carbocycles. The molecule has 0 radical (unpaired) electrons. The topological polar surface area (TPSA) is 97.5 Å². The Labute approximate surface area is 147 Å². The lowest BCUT2D eigenvalue weighted by molar-refractivity contribution is -0.133. The van der Waals surface area contributed by atoms with Gasteiger partial charge in [-0.15, -0.1) is 10.2 Å². The summed E-state index contributed by atoms with van der Waals surface area (Å²) in [6, 6.07) is 14.0. The van der Waals surface area contributed by atoms with Crippen molar-refractivity contribution in [3.8, 4) is 28.6 Å². The van der Waals surface area contributed by atoms with E-state index in [0.717, 1.165) is 17.4 Å². The van der Waals surface area contributed by atoms with Crippen molar-refractivity contribution in [1.29, 1.82) is 0 Å². The first-order valence-corrected chi connectivity index (χ1v) is 8.31. The third-order valence-corrected chi connectivity index (χ3v) is 4.35. The number of phenolic OH excluding ortho intramolecular Hbond substituents is 1. The molecule has 0 atom stereocenters. The number of rotatable bonds is 6. The Hall–Kier alpha value is -3.00. The summed E-state index contributed by atoms with van der Waals surface area (Å²) in [6.45, 7) is 0. The molecule has 1 heterocycles. The first kappa shape index (κ1) is 16.8. The molecule has 3 aromatic rings. The van der Waals surface area contributed by atoms with Crippen LogP contribution >= 0.6 is 11.8 Å². The number of methoxy groups -OCH3 is 1. The number of benzene rings is 2. The van der Waals surface area contributed by atoms with Gasteiger partial charge < -0.3 is 14.9 Å². The standard InChI is InChI=1S/C17H15N3O4S/c1-24-12-8-6-11(7-9-12)20-16(13-4-2-3-5-14(13)21)18-19-17(20)25-10-15(22)23/h2-9,21H,10H2,1H3,(H,22,23). The SMILES string of the molecule is COc1ccc(-n2c(SCC(=O)O)nnc2-c2ccccc2O)cc1. The van der Waals surface area contributed by atoms with Crippen LogP contribution in [0, 0.1) is 0 Å². The van der Waals surface area contributed by atoms with Crippen molar-refractivity contribution in [1.82, 2.24) is 14.8 Å². The highest BCUT2D eigenvalue weighted by Gasteiger charge is 2.19. The zero-order valence-electron chi connectivity index (χ0n) is 13.3. The van der Waals surface area contributed by atoms with E-state index in [2.05, 4.69) is 10.2 Å². The molecular formula is C17H15N3O4S. The summed E-state index contributed by atoms with van der Waals surface area (Å²) in [4.78, 5) is 10.9. The van der Waals surface area contributed by atoms with E-state index in [4.69, 9.17) is 9.84 Å². The number of phenols is 1. The van der Waals surface area contributed by atoms with Crippen molar-refractivity contribution < 1.29 is 19.7 Å². The largest absolute Gasteiger partial charge is 0.507 e. The van der Waals surface area contributed by atoms with Crippen molar-refractivity contribution in [2.24, 2.45) is 0 Å². The van der Waals surface area contributed by atoms with Crippen LogP contribution in [0.5, 0.6) is 11.5 Å². The summed E-state index contributed by atoms with van der Waals surface area (Å²) in [5, 5.41) is 27.7. The van der Waals surface area contributed by atoms with Crippen molar-refractivity contribution in [3.63, 3.8) is 0 Å². The summed E-state index contributed by atoms with van der Waals surface area (Å²) >= 11 is 1.06. The average molecular weight is 357 g/mol. The normalized spacial score (nSPS) is 10.6. The first-order valence-electron chi connectivity index (χ1n) is 7.33. The second kappa shape index (κ2) is 7.27. The van der Waals surface area contributed by atoms with Crippen LogP contribution in [0.1, 0.15) is 0 Å². The number of hydrogen-bond acceptors (Lipinski definition) is 6. The number of aromatic nitrogens is 3. The van der Waals surface area contributed by atoms with Crippen molar-refractivity contribution in [3.05, 3.63) is 48.5 Å². The van der Waals surface area contributed by atoms with Gasteiger partial charge in [0.25, 0.3) is 0 Å². The van der Waals surface area contributed by atoms with Crippen LogP contribution in [0.4, 0.5) is 0 Å². The van der Waals surface area contributed by atoms with Gasteiger partial charge in [0.15, 0.2) is 11.0 Å². The zero-order valence-corrected chi connectivity index (χ0v) is 14.1. The van der Waals surface area contributed by atoms with Gasteiger partial charge in [0, 0.05) is 0 Å². The van der Waals surface area contributed by atoms with Gasteiger partial charge in [-0.3, -0.25) is 9.36 Å². The van der Waals surface area contributed by atoms with Crippen LogP contribution in [-0.4, -0.2) is 43.8 Å². The molecular weight excluding hydrogens is 342 g/mol. The molecule has 1 aromatic heterocycles. The van der Waals surface area contributed by atoms with Crippen LogP contribution in [0.2, 0.25) is 0 Å². The fourth-order valence-electron chi connectivity index (χ4n) is 2.29. The number of carboxylic acid groups (broad SMARTS) is 1. The number of thioether (sulfide) groups is 1. The number of nitrogens with zero attached hydrogens (tertiary/aromatic N) is 3. The molecule has 128 valence electrons. The Morgan fingerprint density at radius 2 is 1.88 bits per heavy atom. The minimum atomic E-state index is -0.946. The number of para-hydroxylation sites is 1. The second-order valence-electron chi connectivity index (χ2n) is 5.04.